The first-order valence-corrected chi connectivity index (χ1v) is 5.69. The Bertz CT molecular complexity index is 428. The molecule has 0 aliphatic rings. The summed E-state index contributed by atoms with van der Waals surface area (Å²) in [5, 5.41) is 6.29. The molecule has 1 heterocycles. The topological polar surface area (TPSA) is 59.3 Å². The fraction of sp³-hybridized carbons (Fsp3) is 0.364. The van der Waals surface area contributed by atoms with Crippen molar-refractivity contribution in [2.24, 2.45) is 0 Å². The third kappa shape index (κ3) is 3.47. The van der Waals surface area contributed by atoms with Gasteiger partial charge in [-0.1, -0.05) is 12.1 Å². The lowest BCUT2D eigenvalue weighted by Crippen LogP contribution is -2.23. The number of hydrogen-bond acceptors (Lipinski definition) is 5. The lowest BCUT2D eigenvalue weighted by atomic mass is 10.2. The molecule has 17 heavy (non-hydrogen) atoms. The van der Waals surface area contributed by atoms with Crippen LogP contribution < -0.4 is 10.5 Å². The van der Waals surface area contributed by atoms with Crippen molar-refractivity contribution in [1.29, 1.82) is 0 Å². The first-order chi connectivity index (χ1) is 8.40. The third-order valence-corrected chi connectivity index (χ3v) is 2.35. The van der Waals surface area contributed by atoms with Gasteiger partial charge in [0, 0.05) is 13.7 Å². The maximum Gasteiger partial charge on any atom is 0.360 e. The molecule has 0 radical (unpaired) electrons. The maximum absolute atomic E-state index is 5.53. The number of para-hydroxylation sites is 2. The number of oxazole rings is 1. The second kappa shape index (κ2) is 6.27. The van der Waals surface area contributed by atoms with Crippen molar-refractivity contribution in [3.63, 3.8) is 0 Å². The summed E-state index contributed by atoms with van der Waals surface area (Å²) in [6.45, 7) is 1.73. The Morgan fingerprint density at radius 2 is 2.24 bits per heavy atom. The molecular weight excluding hydrogens is 217 g/mol. The minimum absolute atomic E-state index is 0.581. The van der Waals surface area contributed by atoms with Gasteiger partial charge in [-0.2, -0.15) is 4.98 Å². The lowest BCUT2D eigenvalue weighted by Gasteiger charge is -2.02. The van der Waals surface area contributed by atoms with E-state index in [1.807, 2.05) is 24.3 Å². The van der Waals surface area contributed by atoms with Crippen LogP contribution in [0.1, 0.15) is 6.42 Å². The summed E-state index contributed by atoms with van der Waals surface area (Å²) in [4.78, 5) is 4.32. The molecule has 2 rings (SSSR count). The van der Waals surface area contributed by atoms with E-state index in [-0.39, 0.29) is 0 Å². The van der Waals surface area contributed by atoms with Crippen LogP contribution in [-0.4, -0.2) is 32.8 Å². The number of hydrogen-bond donors (Lipinski definition) is 2. The second-order valence-corrected chi connectivity index (χ2v) is 3.70. The van der Waals surface area contributed by atoms with Crippen LogP contribution in [0.3, 0.4) is 0 Å². The Balaban J connectivity index is 1.75. The molecule has 0 saturated carbocycles. The number of rotatable bonds is 7. The van der Waals surface area contributed by atoms with E-state index >= 15 is 0 Å². The monoisotopic (exact) mass is 233 g/mol. The first-order valence-electron chi connectivity index (χ1n) is 5.69. The Labute approximate surface area is 101 Å². The zero-order chi connectivity index (χ0) is 11.9. The van der Waals surface area contributed by atoms with Crippen molar-refractivity contribution in [3.8, 4) is 0 Å². The van der Waals surface area contributed by atoms with Gasteiger partial charge in [-0.05, 0) is 25.1 Å². The molecule has 0 amide bonds. The highest BCUT2D eigenvalue weighted by Crippen LogP contribution is 2.17. The Kier molecular flexibility index (Phi) is 4.41. The predicted molar refractivity (Wildman–Crippen MR) is 69.3 cm³/mol. The van der Waals surface area contributed by atoms with Gasteiger partial charge < -0.3 is 19.6 Å². The van der Waals surface area contributed by atoms with Gasteiger partial charge in [0.2, 0.25) is 0 Å². The summed E-state index contributed by atoms with van der Waals surface area (Å²) in [5.74, 6) is 0. The molecule has 0 fully saturated rings. The molecule has 0 atom stereocenters. The summed E-state index contributed by atoms with van der Waals surface area (Å²) >= 11 is 0. The van der Waals surface area contributed by atoms with Gasteiger partial charge in [-0.3, -0.25) is 0 Å². The largest absolute Gasteiger partial charge is 0.427 e. The smallest absolute Gasteiger partial charge is 0.360 e. The molecular formula is C11H16BN3O2. The SMILES string of the molecule is COBNCCCNc1nc2ccccc2o1. The highest BCUT2D eigenvalue weighted by atomic mass is 16.4. The molecule has 0 spiro atoms. The van der Waals surface area contributed by atoms with Gasteiger partial charge in [0.1, 0.15) is 5.52 Å². The molecule has 0 saturated heterocycles. The zero-order valence-electron chi connectivity index (χ0n) is 9.90. The number of anilines is 1. The molecule has 0 bridgehead atoms. The number of fused-ring (bicyclic) bond motifs is 1. The quantitative estimate of drug-likeness (QED) is 0.554. The van der Waals surface area contributed by atoms with Crippen LogP contribution in [0.5, 0.6) is 0 Å². The van der Waals surface area contributed by atoms with Crippen molar-refractivity contribution < 1.29 is 9.07 Å². The fourth-order valence-corrected chi connectivity index (χ4v) is 1.53. The standard InChI is InChI=1S/C11H16BN3O2/c1-16-12-14-8-4-7-13-11-15-9-5-2-3-6-10(9)17-11/h2-3,5-6,12,14H,4,7-8H2,1H3,(H,13,15). The Morgan fingerprint density at radius 3 is 3.06 bits per heavy atom. The zero-order valence-corrected chi connectivity index (χ0v) is 9.90. The average molecular weight is 233 g/mol. The highest BCUT2D eigenvalue weighted by molar-refractivity contribution is 6.23. The molecule has 5 nitrogen and oxygen atoms in total. The van der Waals surface area contributed by atoms with Gasteiger partial charge in [-0.15, -0.1) is 0 Å². The van der Waals surface area contributed by atoms with Gasteiger partial charge in [0.05, 0.1) is 0 Å². The van der Waals surface area contributed by atoms with Crippen molar-refractivity contribution in [3.05, 3.63) is 24.3 Å². The van der Waals surface area contributed by atoms with Gasteiger partial charge in [0.25, 0.3) is 6.01 Å². The summed E-state index contributed by atoms with van der Waals surface area (Å²) in [6.07, 6.45) is 0.988. The van der Waals surface area contributed by atoms with E-state index < -0.39 is 0 Å². The molecule has 1 aromatic heterocycles. The number of nitrogens with zero attached hydrogens (tertiary/aromatic N) is 1. The van der Waals surface area contributed by atoms with E-state index in [0.29, 0.717) is 13.6 Å². The predicted octanol–water partition coefficient (Wildman–Crippen LogP) is 1.13. The van der Waals surface area contributed by atoms with E-state index in [9.17, 15) is 0 Å². The molecule has 90 valence electrons. The molecule has 2 N–H and O–H groups in total. The summed E-state index contributed by atoms with van der Waals surface area (Å²) < 4.78 is 10.4. The first kappa shape index (κ1) is 11.9. The normalized spacial score (nSPS) is 10.6. The van der Waals surface area contributed by atoms with Crippen LogP contribution in [0.2, 0.25) is 0 Å². The van der Waals surface area contributed by atoms with Crippen molar-refractivity contribution in [2.45, 2.75) is 6.42 Å². The minimum atomic E-state index is 0.581. The molecule has 0 aliphatic heterocycles. The Morgan fingerprint density at radius 1 is 1.35 bits per heavy atom. The maximum atomic E-state index is 5.53. The van der Waals surface area contributed by atoms with Gasteiger partial charge >= 0.3 is 7.62 Å². The van der Waals surface area contributed by atoms with Gasteiger partial charge in [0.15, 0.2) is 5.58 Å². The minimum Gasteiger partial charge on any atom is -0.427 e. The third-order valence-electron chi connectivity index (χ3n) is 2.35. The molecule has 1 aromatic carbocycles. The number of aromatic nitrogens is 1. The van der Waals surface area contributed by atoms with Crippen LogP contribution in [0.15, 0.2) is 28.7 Å². The van der Waals surface area contributed by atoms with E-state index in [1.54, 1.807) is 7.11 Å². The number of benzene rings is 1. The van der Waals surface area contributed by atoms with E-state index in [0.717, 1.165) is 30.6 Å². The average Bonchev–Trinajstić information content (AvgIpc) is 2.76. The Hall–Kier alpha value is -1.53. The summed E-state index contributed by atoms with van der Waals surface area (Å²) in [5.41, 5.74) is 1.69. The molecule has 0 aliphatic carbocycles. The molecule has 6 heteroatoms. The summed E-state index contributed by atoms with van der Waals surface area (Å²) in [6, 6.07) is 8.31. The van der Waals surface area contributed by atoms with Crippen LogP contribution in [0.4, 0.5) is 6.01 Å². The fourth-order valence-electron chi connectivity index (χ4n) is 1.53. The van der Waals surface area contributed by atoms with E-state index in [1.165, 1.54) is 0 Å². The van der Waals surface area contributed by atoms with Crippen LogP contribution in [-0.2, 0) is 4.65 Å². The van der Waals surface area contributed by atoms with Crippen LogP contribution in [0.25, 0.3) is 11.1 Å². The molecule has 2 aromatic rings. The number of nitrogens with one attached hydrogen (secondary N) is 2. The summed E-state index contributed by atoms with van der Waals surface area (Å²) in [7, 11) is 2.26. The van der Waals surface area contributed by atoms with Crippen molar-refractivity contribution in [1.82, 2.24) is 10.2 Å². The van der Waals surface area contributed by atoms with Gasteiger partial charge in [-0.25, -0.2) is 0 Å². The van der Waals surface area contributed by atoms with E-state index in [2.05, 4.69) is 15.5 Å². The molecule has 0 unspecified atom stereocenters. The van der Waals surface area contributed by atoms with E-state index in [4.69, 9.17) is 9.07 Å². The lowest BCUT2D eigenvalue weighted by molar-refractivity contribution is 0.430. The van der Waals surface area contributed by atoms with Crippen LogP contribution >= 0.6 is 0 Å². The highest BCUT2D eigenvalue weighted by Gasteiger charge is 2.02. The van der Waals surface area contributed by atoms with Crippen molar-refractivity contribution >= 4 is 24.7 Å². The van der Waals surface area contributed by atoms with Crippen LogP contribution in [0, 0.1) is 0 Å². The van der Waals surface area contributed by atoms with Crippen molar-refractivity contribution in [2.75, 3.05) is 25.5 Å². The second-order valence-electron chi connectivity index (χ2n) is 3.70.